The highest BCUT2D eigenvalue weighted by Gasteiger charge is 2.30. The molecule has 2 aliphatic heterocycles. The van der Waals surface area contributed by atoms with Gasteiger partial charge in [0.25, 0.3) is 0 Å². The first-order valence-corrected chi connectivity index (χ1v) is 12.4. The van der Waals surface area contributed by atoms with Crippen LogP contribution in [0.2, 0.25) is 0 Å². The number of hydrogen-bond donors (Lipinski definition) is 4. The van der Waals surface area contributed by atoms with Crippen molar-refractivity contribution >= 4 is 33.6 Å². The van der Waals surface area contributed by atoms with Crippen LogP contribution in [0.25, 0.3) is 5.65 Å². The summed E-state index contributed by atoms with van der Waals surface area (Å²) in [6.45, 7) is 1.43. The molecule has 2 atom stereocenters. The van der Waals surface area contributed by atoms with Crippen LogP contribution >= 0.6 is 0 Å². The topological polar surface area (TPSA) is 161 Å². The molecule has 15 heteroatoms. The van der Waals surface area contributed by atoms with Crippen LogP contribution in [0.4, 0.5) is 25.1 Å². The van der Waals surface area contributed by atoms with Gasteiger partial charge in [0, 0.05) is 31.4 Å². The monoisotopic (exact) mass is 526 g/mol. The number of amides is 2. The summed E-state index contributed by atoms with van der Waals surface area (Å²) in [5, 5.41) is 16.7. The van der Waals surface area contributed by atoms with E-state index in [9.17, 15) is 18.7 Å². The second kappa shape index (κ2) is 10.3. The van der Waals surface area contributed by atoms with Gasteiger partial charge in [0.15, 0.2) is 5.65 Å². The van der Waals surface area contributed by atoms with Crippen molar-refractivity contribution in [2.45, 2.75) is 31.4 Å². The molecule has 194 valence electrons. The molecule has 2 amide bonds. The predicted octanol–water partition coefficient (Wildman–Crippen LogP) is 2.29. The van der Waals surface area contributed by atoms with E-state index in [4.69, 9.17) is 17.5 Å². The van der Waals surface area contributed by atoms with Crippen LogP contribution in [0.5, 0.6) is 0 Å². The fraction of sp³-hybridized carbons (Fsp3) is 0.381. The van der Waals surface area contributed by atoms with Gasteiger partial charge in [-0.1, -0.05) is 0 Å². The third-order valence-corrected chi connectivity index (χ3v) is 5.91. The third-order valence-electron chi connectivity index (χ3n) is 5.91. The smallest absolute Gasteiger partial charge is 0.391 e. The average Bonchev–Trinajstić information content (AvgIpc) is 3.54. The van der Waals surface area contributed by atoms with Crippen molar-refractivity contribution in [2.24, 2.45) is 0 Å². The van der Waals surface area contributed by atoms with E-state index in [2.05, 4.69) is 15.4 Å². The zero-order valence-corrected chi connectivity index (χ0v) is 19.6. The Hall–Kier alpha value is -3.40. The first kappa shape index (κ1) is 25.7. The van der Waals surface area contributed by atoms with Crippen LogP contribution in [-0.4, -0.2) is 73.9 Å². The zero-order valence-electron chi connectivity index (χ0n) is 18.8. The SMILES string of the molecule is O=C(Nc1cnn2ccc(N3CCCC3c3cc(F)ccc3F)nc12)N1CC[C@H](O)C1.O=S(=O)(O)O. The number of β-amino-alcohol motifs (C(OH)–C–C–N with tert-alkyl or cyclic N) is 1. The van der Waals surface area contributed by atoms with E-state index in [1.165, 1.54) is 12.3 Å². The minimum Gasteiger partial charge on any atom is -0.391 e. The molecule has 2 fully saturated rings. The number of hydrogen-bond acceptors (Lipinski definition) is 7. The fourth-order valence-electron chi connectivity index (χ4n) is 4.36. The molecule has 0 saturated carbocycles. The number of aliphatic hydroxyl groups excluding tert-OH is 1. The van der Waals surface area contributed by atoms with E-state index in [0.29, 0.717) is 55.2 Å². The molecular weight excluding hydrogens is 502 g/mol. The van der Waals surface area contributed by atoms with Crippen molar-refractivity contribution in [1.82, 2.24) is 19.5 Å². The van der Waals surface area contributed by atoms with Crippen molar-refractivity contribution in [3.63, 3.8) is 0 Å². The maximum atomic E-state index is 14.4. The van der Waals surface area contributed by atoms with Crippen molar-refractivity contribution in [3.05, 3.63) is 53.9 Å². The molecular formula is C21H24F2N6O6S. The van der Waals surface area contributed by atoms with Gasteiger partial charge in [0.05, 0.1) is 18.3 Å². The molecule has 12 nitrogen and oxygen atoms in total. The second-order valence-corrected chi connectivity index (χ2v) is 9.29. The van der Waals surface area contributed by atoms with Gasteiger partial charge >= 0.3 is 16.4 Å². The molecule has 0 radical (unpaired) electrons. The number of nitrogens with one attached hydrogen (secondary N) is 1. The molecule has 1 unspecified atom stereocenters. The number of aromatic nitrogens is 3. The lowest BCUT2D eigenvalue weighted by molar-refractivity contribution is 0.176. The highest BCUT2D eigenvalue weighted by atomic mass is 32.3. The number of urea groups is 1. The van der Waals surface area contributed by atoms with Gasteiger partial charge in [-0.25, -0.2) is 23.1 Å². The average molecular weight is 527 g/mol. The lowest BCUT2D eigenvalue weighted by Crippen LogP contribution is -2.33. The van der Waals surface area contributed by atoms with E-state index < -0.39 is 28.1 Å². The molecule has 2 aliphatic rings. The number of halogens is 2. The number of carbonyl (C=O) groups excluding carboxylic acids is 1. The Labute approximate surface area is 204 Å². The number of nitrogens with zero attached hydrogens (tertiary/aromatic N) is 5. The standard InChI is InChI=1S/C21H22F2N6O2.H2O4S/c22-13-3-4-16(23)15(10-13)18-2-1-7-28(18)19-6-9-29-20(26-19)17(11-24-29)25-21(31)27-8-5-14(30)12-27;1-5(2,3)4/h3-4,6,9-11,14,18,30H,1-2,5,7-8,12H2,(H,25,31);(H2,1,2,3,4)/t14-,18?;/m0./s1. The second-order valence-electron chi connectivity index (χ2n) is 8.40. The number of likely N-dealkylation sites (tertiary alicyclic amines) is 1. The molecule has 4 N–H and O–H groups in total. The van der Waals surface area contributed by atoms with E-state index in [1.807, 2.05) is 4.90 Å². The summed E-state index contributed by atoms with van der Waals surface area (Å²) in [4.78, 5) is 20.7. The molecule has 5 rings (SSSR count). The van der Waals surface area contributed by atoms with Gasteiger partial charge in [-0.05, 0) is 43.5 Å². The van der Waals surface area contributed by atoms with Crippen molar-refractivity contribution in [2.75, 3.05) is 29.9 Å². The first-order valence-electron chi connectivity index (χ1n) is 11.0. The van der Waals surface area contributed by atoms with E-state index in [0.717, 1.165) is 18.6 Å². The van der Waals surface area contributed by atoms with Gasteiger partial charge in [-0.15, -0.1) is 0 Å². The Morgan fingerprint density at radius 2 is 1.89 bits per heavy atom. The summed E-state index contributed by atoms with van der Waals surface area (Å²) in [7, 11) is -4.67. The Kier molecular flexibility index (Phi) is 7.35. The van der Waals surface area contributed by atoms with E-state index in [-0.39, 0.29) is 12.1 Å². The number of rotatable bonds is 3. The van der Waals surface area contributed by atoms with Gasteiger partial charge in [-0.3, -0.25) is 9.11 Å². The lowest BCUT2D eigenvalue weighted by atomic mass is 10.0. The van der Waals surface area contributed by atoms with Gasteiger partial charge in [0.2, 0.25) is 0 Å². The van der Waals surface area contributed by atoms with Gasteiger partial charge in [0.1, 0.15) is 23.1 Å². The Morgan fingerprint density at radius 3 is 2.58 bits per heavy atom. The van der Waals surface area contributed by atoms with Crippen LogP contribution in [0.15, 0.2) is 36.7 Å². The molecule has 2 aromatic heterocycles. The van der Waals surface area contributed by atoms with E-state index >= 15 is 0 Å². The summed E-state index contributed by atoms with van der Waals surface area (Å²) in [6.07, 6.45) is 4.81. The molecule has 0 spiro atoms. The van der Waals surface area contributed by atoms with Crippen LogP contribution in [0.3, 0.4) is 0 Å². The Balaban J connectivity index is 0.000000556. The summed E-state index contributed by atoms with van der Waals surface area (Å²) in [6, 6.07) is 4.64. The highest BCUT2D eigenvalue weighted by molar-refractivity contribution is 7.79. The largest absolute Gasteiger partial charge is 0.394 e. The number of carbonyl (C=O) groups is 1. The van der Waals surface area contributed by atoms with Gasteiger partial charge in [-0.2, -0.15) is 13.5 Å². The minimum absolute atomic E-state index is 0.290. The molecule has 3 aromatic rings. The number of aliphatic hydroxyl groups is 1. The van der Waals surface area contributed by atoms with Gasteiger partial charge < -0.3 is 20.2 Å². The fourth-order valence-corrected chi connectivity index (χ4v) is 4.36. The number of benzene rings is 1. The molecule has 36 heavy (non-hydrogen) atoms. The van der Waals surface area contributed by atoms with E-state index in [1.54, 1.807) is 21.7 Å². The maximum Gasteiger partial charge on any atom is 0.394 e. The zero-order chi connectivity index (χ0) is 26.0. The minimum atomic E-state index is -4.67. The number of anilines is 2. The highest BCUT2D eigenvalue weighted by Crippen LogP contribution is 2.37. The first-order chi connectivity index (χ1) is 17.0. The van der Waals surface area contributed by atoms with Crippen molar-refractivity contribution in [3.8, 4) is 0 Å². The van der Waals surface area contributed by atoms with Crippen LogP contribution in [0, 0.1) is 11.6 Å². The van der Waals surface area contributed by atoms with Crippen molar-refractivity contribution < 1.29 is 36.2 Å². The van der Waals surface area contributed by atoms with Crippen molar-refractivity contribution in [1.29, 1.82) is 0 Å². The summed E-state index contributed by atoms with van der Waals surface area (Å²) in [5.41, 5.74) is 1.21. The maximum absolute atomic E-state index is 14.4. The molecule has 0 aliphatic carbocycles. The van der Waals surface area contributed by atoms with Crippen LogP contribution < -0.4 is 10.2 Å². The summed E-state index contributed by atoms with van der Waals surface area (Å²) >= 11 is 0. The summed E-state index contributed by atoms with van der Waals surface area (Å²) in [5.74, 6) is -0.310. The number of fused-ring (bicyclic) bond motifs is 1. The predicted molar refractivity (Wildman–Crippen MR) is 124 cm³/mol. The molecule has 2 saturated heterocycles. The quantitative estimate of drug-likeness (QED) is 0.375. The molecule has 4 heterocycles. The normalized spacial score (nSPS) is 19.9. The van der Waals surface area contributed by atoms with Crippen LogP contribution in [0.1, 0.15) is 30.9 Å². The summed E-state index contributed by atoms with van der Waals surface area (Å²) < 4.78 is 61.3. The Bertz CT molecular complexity index is 1360. The molecule has 0 bridgehead atoms. The third kappa shape index (κ3) is 6.04. The lowest BCUT2D eigenvalue weighted by Gasteiger charge is -2.26. The Morgan fingerprint density at radius 1 is 1.14 bits per heavy atom. The molecule has 1 aromatic carbocycles. The van der Waals surface area contributed by atoms with Crippen LogP contribution in [-0.2, 0) is 10.4 Å².